The van der Waals surface area contributed by atoms with Crippen molar-refractivity contribution >= 4 is 21.6 Å². The number of benzene rings is 3. The van der Waals surface area contributed by atoms with Crippen LogP contribution in [0.4, 0.5) is 5.69 Å². The van der Waals surface area contributed by atoms with Crippen molar-refractivity contribution in [3.8, 4) is 17.2 Å². The lowest BCUT2D eigenvalue weighted by Crippen LogP contribution is -2.41. The molecule has 0 fully saturated rings. The molecule has 0 aliphatic heterocycles. The van der Waals surface area contributed by atoms with Gasteiger partial charge in [0.25, 0.3) is 10.0 Å². The number of sulfonamides is 1. The van der Waals surface area contributed by atoms with Crippen LogP contribution in [-0.2, 0) is 14.8 Å². The molecule has 3 aromatic carbocycles. The van der Waals surface area contributed by atoms with Crippen LogP contribution in [0.25, 0.3) is 0 Å². The number of aryl methyl sites for hydroxylation is 2. The first-order chi connectivity index (χ1) is 17.6. The minimum absolute atomic E-state index is 0.0333. The van der Waals surface area contributed by atoms with Gasteiger partial charge in [-0.1, -0.05) is 18.2 Å². The van der Waals surface area contributed by atoms with Crippen molar-refractivity contribution in [3.63, 3.8) is 0 Å². The van der Waals surface area contributed by atoms with Gasteiger partial charge >= 0.3 is 0 Å². The Morgan fingerprint density at radius 2 is 1.59 bits per heavy atom. The van der Waals surface area contributed by atoms with E-state index in [4.69, 9.17) is 14.2 Å². The third-order valence-corrected chi connectivity index (χ3v) is 7.84. The van der Waals surface area contributed by atoms with E-state index in [9.17, 15) is 13.2 Å². The molecular weight excluding hydrogens is 492 g/mol. The van der Waals surface area contributed by atoms with Crippen LogP contribution < -0.4 is 23.8 Å². The van der Waals surface area contributed by atoms with Crippen LogP contribution in [0, 0.1) is 13.8 Å². The SMILES string of the molecule is CCOc1ccc(N(CC(=O)NC(C)c2ccc(C)c(C)c2)S(=O)(=O)c2ccc(OC)c(OC)c2)cc1. The normalized spacial score (nSPS) is 11.9. The number of hydrogen-bond donors (Lipinski definition) is 1. The average molecular weight is 527 g/mol. The molecule has 198 valence electrons. The van der Waals surface area contributed by atoms with E-state index >= 15 is 0 Å². The molecule has 37 heavy (non-hydrogen) atoms. The molecule has 0 saturated heterocycles. The summed E-state index contributed by atoms with van der Waals surface area (Å²) in [5.74, 6) is 0.822. The third-order valence-electron chi connectivity index (χ3n) is 6.07. The number of anilines is 1. The lowest BCUT2D eigenvalue weighted by molar-refractivity contribution is -0.120. The highest BCUT2D eigenvalue weighted by molar-refractivity contribution is 7.92. The van der Waals surface area contributed by atoms with Gasteiger partial charge in [0.2, 0.25) is 5.91 Å². The van der Waals surface area contributed by atoms with Crippen LogP contribution in [0.1, 0.15) is 36.6 Å². The molecule has 0 bridgehead atoms. The van der Waals surface area contributed by atoms with Gasteiger partial charge in [0.05, 0.1) is 37.5 Å². The molecule has 1 amide bonds. The first-order valence-corrected chi connectivity index (χ1v) is 13.4. The number of nitrogens with zero attached hydrogens (tertiary/aromatic N) is 1. The quantitative estimate of drug-likeness (QED) is 0.386. The lowest BCUT2D eigenvalue weighted by Gasteiger charge is -2.26. The molecule has 0 aliphatic rings. The first-order valence-electron chi connectivity index (χ1n) is 11.9. The Morgan fingerprint density at radius 3 is 2.19 bits per heavy atom. The Bertz CT molecular complexity index is 1340. The zero-order valence-electron chi connectivity index (χ0n) is 22.1. The highest BCUT2D eigenvalue weighted by Crippen LogP contribution is 2.32. The van der Waals surface area contributed by atoms with E-state index in [2.05, 4.69) is 5.32 Å². The van der Waals surface area contributed by atoms with Crippen LogP contribution in [0.15, 0.2) is 65.6 Å². The van der Waals surface area contributed by atoms with E-state index in [-0.39, 0.29) is 16.7 Å². The van der Waals surface area contributed by atoms with Crippen LogP contribution in [0.5, 0.6) is 17.2 Å². The van der Waals surface area contributed by atoms with Gasteiger partial charge in [0.15, 0.2) is 11.5 Å². The number of carbonyl (C=O) groups excluding carboxylic acids is 1. The maximum absolute atomic E-state index is 13.8. The Morgan fingerprint density at radius 1 is 0.919 bits per heavy atom. The van der Waals surface area contributed by atoms with Crippen molar-refractivity contribution in [2.75, 3.05) is 31.7 Å². The smallest absolute Gasteiger partial charge is 0.264 e. The zero-order chi connectivity index (χ0) is 27.2. The van der Waals surface area contributed by atoms with Crippen molar-refractivity contribution in [1.82, 2.24) is 5.32 Å². The Labute approximate surface area is 219 Å². The topological polar surface area (TPSA) is 94.2 Å². The van der Waals surface area contributed by atoms with Gasteiger partial charge in [-0.3, -0.25) is 9.10 Å². The van der Waals surface area contributed by atoms with E-state index < -0.39 is 22.5 Å². The molecule has 3 rings (SSSR count). The Kier molecular flexibility index (Phi) is 9.04. The molecular formula is C28H34N2O6S. The van der Waals surface area contributed by atoms with Crippen LogP contribution >= 0.6 is 0 Å². The maximum Gasteiger partial charge on any atom is 0.264 e. The van der Waals surface area contributed by atoms with Gasteiger partial charge in [-0.15, -0.1) is 0 Å². The van der Waals surface area contributed by atoms with Gasteiger partial charge < -0.3 is 19.5 Å². The molecule has 0 radical (unpaired) electrons. The van der Waals surface area contributed by atoms with E-state index in [0.717, 1.165) is 21.0 Å². The minimum Gasteiger partial charge on any atom is -0.494 e. The number of carbonyl (C=O) groups is 1. The monoisotopic (exact) mass is 526 g/mol. The fourth-order valence-electron chi connectivity index (χ4n) is 3.83. The number of methoxy groups -OCH3 is 2. The van der Waals surface area contributed by atoms with E-state index in [1.165, 1.54) is 32.4 Å². The summed E-state index contributed by atoms with van der Waals surface area (Å²) in [6, 6.07) is 16.6. The predicted molar refractivity (Wildman–Crippen MR) is 144 cm³/mol. The summed E-state index contributed by atoms with van der Waals surface area (Å²) in [4.78, 5) is 13.1. The summed E-state index contributed by atoms with van der Waals surface area (Å²) in [7, 11) is -1.25. The molecule has 0 saturated carbocycles. The number of ether oxygens (including phenoxy) is 3. The first kappa shape index (κ1) is 27.9. The number of amides is 1. The van der Waals surface area contributed by atoms with Gasteiger partial charge in [-0.2, -0.15) is 0 Å². The predicted octanol–water partition coefficient (Wildman–Crippen LogP) is 4.79. The average Bonchev–Trinajstić information content (AvgIpc) is 2.89. The summed E-state index contributed by atoms with van der Waals surface area (Å²) in [5.41, 5.74) is 3.54. The molecule has 0 heterocycles. The summed E-state index contributed by atoms with van der Waals surface area (Å²) >= 11 is 0. The van der Waals surface area contributed by atoms with Crippen LogP contribution in [-0.4, -0.2) is 41.7 Å². The molecule has 0 aromatic heterocycles. The molecule has 1 N–H and O–H groups in total. The van der Waals surface area contributed by atoms with Crippen LogP contribution in [0.2, 0.25) is 0 Å². The van der Waals surface area contributed by atoms with Crippen molar-refractivity contribution in [3.05, 3.63) is 77.4 Å². The van der Waals surface area contributed by atoms with Crippen molar-refractivity contribution in [2.45, 2.75) is 38.6 Å². The van der Waals surface area contributed by atoms with E-state index in [1.807, 2.05) is 45.9 Å². The third kappa shape index (κ3) is 6.54. The summed E-state index contributed by atoms with van der Waals surface area (Å²) in [6.45, 7) is 7.83. The fraction of sp³-hybridized carbons (Fsp3) is 0.321. The van der Waals surface area contributed by atoms with Gasteiger partial charge in [-0.05, 0) is 80.8 Å². The Hall–Kier alpha value is -3.72. The summed E-state index contributed by atoms with van der Waals surface area (Å²) in [6.07, 6.45) is 0. The van der Waals surface area contributed by atoms with E-state index in [0.29, 0.717) is 23.8 Å². The van der Waals surface area contributed by atoms with Gasteiger partial charge in [-0.25, -0.2) is 8.42 Å². The largest absolute Gasteiger partial charge is 0.494 e. The second-order valence-corrected chi connectivity index (χ2v) is 10.5. The minimum atomic E-state index is -4.15. The summed E-state index contributed by atoms with van der Waals surface area (Å²) < 4.78 is 44.7. The molecule has 0 aliphatic carbocycles. The van der Waals surface area contributed by atoms with Gasteiger partial charge in [0.1, 0.15) is 12.3 Å². The molecule has 3 aromatic rings. The highest BCUT2D eigenvalue weighted by atomic mass is 32.2. The van der Waals surface area contributed by atoms with Crippen molar-refractivity contribution in [1.29, 1.82) is 0 Å². The lowest BCUT2D eigenvalue weighted by atomic mass is 10.0. The van der Waals surface area contributed by atoms with E-state index in [1.54, 1.807) is 24.3 Å². The zero-order valence-corrected chi connectivity index (χ0v) is 22.9. The number of hydrogen-bond acceptors (Lipinski definition) is 6. The van der Waals surface area contributed by atoms with Gasteiger partial charge in [0, 0.05) is 6.07 Å². The van der Waals surface area contributed by atoms with Crippen molar-refractivity contribution in [2.24, 2.45) is 0 Å². The second kappa shape index (κ2) is 12.0. The molecule has 9 heteroatoms. The second-order valence-electron chi connectivity index (χ2n) is 8.59. The highest BCUT2D eigenvalue weighted by Gasteiger charge is 2.29. The molecule has 1 atom stereocenters. The number of nitrogens with one attached hydrogen (secondary N) is 1. The standard InChI is InChI=1S/C28H34N2O6S/c1-7-36-24-12-10-23(11-13-24)30(37(32,33)25-14-15-26(34-5)27(17-25)35-6)18-28(31)29-21(4)22-9-8-19(2)20(3)16-22/h8-17,21H,7,18H2,1-6H3,(H,29,31). The maximum atomic E-state index is 13.8. The Balaban J connectivity index is 1.95. The van der Waals surface area contributed by atoms with Crippen LogP contribution in [0.3, 0.4) is 0 Å². The van der Waals surface area contributed by atoms with Crippen molar-refractivity contribution < 1.29 is 27.4 Å². The molecule has 1 unspecified atom stereocenters. The molecule has 0 spiro atoms. The molecule has 8 nitrogen and oxygen atoms in total. The summed E-state index contributed by atoms with van der Waals surface area (Å²) in [5, 5.41) is 2.92. The number of rotatable bonds is 11. The fourth-order valence-corrected chi connectivity index (χ4v) is 5.27.